The summed E-state index contributed by atoms with van der Waals surface area (Å²) in [6.45, 7) is -1.12. The molecule has 1 aliphatic carbocycles. The highest BCUT2D eigenvalue weighted by atomic mass is 19.4. The number of ketones is 1. The predicted octanol–water partition coefficient (Wildman–Crippen LogP) is 7.31. The van der Waals surface area contributed by atoms with E-state index in [2.05, 4.69) is 4.98 Å². The molecule has 0 atom stereocenters. The highest BCUT2D eigenvalue weighted by Gasteiger charge is 2.41. The number of hydrogen-bond donors (Lipinski definition) is 1. The Morgan fingerprint density at radius 1 is 0.889 bits per heavy atom. The van der Waals surface area contributed by atoms with Crippen molar-refractivity contribution in [1.82, 2.24) is 4.98 Å². The number of hydrogen-bond acceptors (Lipinski definition) is 3. The molecule has 1 saturated carbocycles. The lowest BCUT2D eigenvalue weighted by Crippen LogP contribution is -2.21. The van der Waals surface area contributed by atoms with E-state index in [0.29, 0.717) is 37.8 Å². The number of nitrogens with zero attached hydrogens (tertiary/aromatic N) is 1. The summed E-state index contributed by atoms with van der Waals surface area (Å²) >= 11 is 0. The number of rotatable bonds is 5. The van der Waals surface area contributed by atoms with Gasteiger partial charge in [0.05, 0.1) is 23.4 Å². The molecule has 1 N–H and O–H groups in total. The number of aliphatic hydroxyl groups is 1. The molecule has 1 heterocycles. The van der Waals surface area contributed by atoms with Gasteiger partial charge in [-0.25, -0.2) is 9.37 Å². The van der Waals surface area contributed by atoms with Gasteiger partial charge in [-0.15, -0.1) is 0 Å². The molecule has 190 valence electrons. The van der Waals surface area contributed by atoms with Crippen molar-refractivity contribution in [1.29, 1.82) is 0 Å². The number of benzene rings is 2. The summed E-state index contributed by atoms with van der Waals surface area (Å²) < 4.78 is 94.9. The Morgan fingerprint density at radius 3 is 1.97 bits per heavy atom. The Kier molecular flexibility index (Phi) is 6.92. The van der Waals surface area contributed by atoms with Crippen molar-refractivity contribution in [2.45, 2.75) is 50.6 Å². The second-order valence-electron chi connectivity index (χ2n) is 8.62. The SMILES string of the molecule is O=C(c1ccc(C(F)(F)F)cc1)c1c(C2CCCC2)nc(C(F)(F)F)c(CO)c1-c1ccc(F)cc1. The lowest BCUT2D eigenvalue weighted by atomic mass is 9.84. The van der Waals surface area contributed by atoms with Gasteiger partial charge in [-0.05, 0) is 42.7 Å². The van der Waals surface area contributed by atoms with E-state index in [1.165, 1.54) is 12.1 Å². The molecule has 0 amide bonds. The highest BCUT2D eigenvalue weighted by molar-refractivity contribution is 6.14. The molecule has 1 fully saturated rings. The lowest BCUT2D eigenvalue weighted by molar-refractivity contribution is -0.142. The maximum atomic E-state index is 14.0. The molecule has 1 aromatic heterocycles. The zero-order valence-electron chi connectivity index (χ0n) is 18.7. The van der Waals surface area contributed by atoms with Crippen LogP contribution in [0.15, 0.2) is 48.5 Å². The van der Waals surface area contributed by atoms with Gasteiger partial charge in [-0.3, -0.25) is 4.79 Å². The third-order valence-corrected chi connectivity index (χ3v) is 6.33. The Labute approximate surface area is 201 Å². The van der Waals surface area contributed by atoms with Gasteiger partial charge >= 0.3 is 12.4 Å². The maximum absolute atomic E-state index is 14.0. The van der Waals surface area contributed by atoms with Crippen LogP contribution in [0.1, 0.15) is 70.0 Å². The first-order valence-corrected chi connectivity index (χ1v) is 11.1. The van der Waals surface area contributed by atoms with E-state index in [1.807, 2.05) is 0 Å². The Balaban J connectivity index is 2.04. The Morgan fingerprint density at radius 2 is 1.47 bits per heavy atom. The maximum Gasteiger partial charge on any atom is 0.433 e. The van der Waals surface area contributed by atoms with E-state index in [1.54, 1.807) is 0 Å². The molecule has 36 heavy (non-hydrogen) atoms. The summed E-state index contributed by atoms with van der Waals surface area (Å²) in [5, 5.41) is 9.99. The van der Waals surface area contributed by atoms with E-state index < -0.39 is 53.3 Å². The average molecular weight is 511 g/mol. The Bertz CT molecular complexity index is 1260. The van der Waals surface area contributed by atoms with Crippen LogP contribution >= 0.6 is 0 Å². The molecule has 3 nitrogen and oxygen atoms in total. The number of alkyl halides is 6. The number of aliphatic hydroxyl groups excluding tert-OH is 1. The van der Waals surface area contributed by atoms with Crippen molar-refractivity contribution in [3.8, 4) is 11.1 Å². The van der Waals surface area contributed by atoms with Crippen molar-refractivity contribution in [3.63, 3.8) is 0 Å². The molecule has 2 aromatic carbocycles. The van der Waals surface area contributed by atoms with Crippen LogP contribution in [0.3, 0.4) is 0 Å². The molecule has 0 unspecified atom stereocenters. The monoisotopic (exact) mass is 511 g/mol. The zero-order valence-corrected chi connectivity index (χ0v) is 18.7. The summed E-state index contributed by atoms with van der Waals surface area (Å²) in [4.78, 5) is 17.6. The first-order valence-electron chi connectivity index (χ1n) is 11.1. The van der Waals surface area contributed by atoms with Crippen molar-refractivity contribution in [2.75, 3.05) is 0 Å². The van der Waals surface area contributed by atoms with Gasteiger partial charge in [0.2, 0.25) is 0 Å². The first kappa shape index (κ1) is 25.8. The van der Waals surface area contributed by atoms with Gasteiger partial charge in [-0.2, -0.15) is 26.3 Å². The third kappa shape index (κ3) is 5.00. The van der Waals surface area contributed by atoms with Crippen molar-refractivity contribution in [2.24, 2.45) is 0 Å². The number of pyridine rings is 1. The minimum Gasteiger partial charge on any atom is -0.392 e. The van der Waals surface area contributed by atoms with Crippen molar-refractivity contribution >= 4 is 5.78 Å². The fraction of sp³-hybridized carbons (Fsp3) is 0.308. The van der Waals surface area contributed by atoms with Gasteiger partial charge in [-0.1, -0.05) is 37.1 Å². The topological polar surface area (TPSA) is 50.2 Å². The summed E-state index contributed by atoms with van der Waals surface area (Å²) in [7, 11) is 0. The van der Waals surface area contributed by atoms with Gasteiger partial charge in [0.15, 0.2) is 11.5 Å². The molecular weight excluding hydrogens is 491 g/mol. The normalized spacial score (nSPS) is 14.9. The van der Waals surface area contributed by atoms with Crippen LogP contribution in [-0.2, 0) is 19.0 Å². The van der Waals surface area contributed by atoms with Crippen LogP contribution < -0.4 is 0 Å². The van der Waals surface area contributed by atoms with Crippen LogP contribution in [0.25, 0.3) is 11.1 Å². The average Bonchev–Trinajstić information content (AvgIpc) is 3.36. The standard InChI is InChI=1S/C26H20F7NO2/c27-18-11-7-14(8-12-18)20-19(13-35)24(26(31,32)33)34-22(15-3-1-2-4-15)21(20)23(36)16-5-9-17(10-6-16)25(28,29)30/h5-12,15,35H,1-4,13H2. The summed E-state index contributed by atoms with van der Waals surface area (Å²) in [6, 6.07) is 7.72. The van der Waals surface area contributed by atoms with Gasteiger partial charge in [0.25, 0.3) is 0 Å². The van der Waals surface area contributed by atoms with Crippen LogP contribution in [0.2, 0.25) is 0 Å². The molecule has 0 bridgehead atoms. The molecule has 1 aliphatic rings. The van der Waals surface area contributed by atoms with Crippen LogP contribution in [-0.4, -0.2) is 15.9 Å². The van der Waals surface area contributed by atoms with E-state index in [9.17, 15) is 40.6 Å². The minimum atomic E-state index is -4.96. The van der Waals surface area contributed by atoms with Gasteiger partial charge in [0, 0.05) is 22.6 Å². The zero-order chi connectivity index (χ0) is 26.3. The molecule has 0 spiro atoms. The summed E-state index contributed by atoms with van der Waals surface area (Å²) in [5.41, 5.74) is -3.76. The molecule has 4 rings (SSSR count). The predicted molar refractivity (Wildman–Crippen MR) is 117 cm³/mol. The number of carbonyl (C=O) groups excluding carboxylic acids is 1. The fourth-order valence-corrected chi connectivity index (χ4v) is 4.64. The van der Waals surface area contributed by atoms with Gasteiger partial charge < -0.3 is 5.11 Å². The summed E-state index contributed by atoms with van der Waals surface area (Å²) in [6.07, 6.45) is -7.26. The van der Waals surface area contributed by atoms with Crippen molar-refractivity contribution in [3.05, 3.63) is 88.0 Å². The minimum absolute atomic E-state index is 0.0443. The molecule has 10 heteroatoms. The van der Waals surface area contributed by atoms with Gasteiger partial charge in [0.1, 0.15) is 5.82 Å². The molecule has 0 aliphatic heterocycles. The lowest BCUT2D eigenvalue weighted by Gasteiger charge is -2.24. The smallest absolute Gasteiger partial charge is 0.392 e. The molecule has 3 aromatic rings. The van der Waals surface area contributed by atoms with E-state index in [0.717, 1.165) is 24.3 Å². The molecule has 0 radical (unpaired) electrons. The van der Waals surface area contributed by atoms with E-state index in [-0.39, 0.29) is 27.9 Å². The van der Waals surface area contributed by atoms with E-state index in [4.69, 9.17) is 0 Å². The largest absolute Gasteiger partial charge is 0.433 e. The number of aromatic nitrogens is 1. The van der Waals surface area contributed by atoms with Crippen molar-refractivity contribution < 1.29 is 40.6 Å². The molecular formula is C26H20F7NO2. The van der Waals surface area contributed by atoms with Crippen LogP contribution in [0, 0.1) is 5.82 Å². The first-order chi connectivity index (χ1) is 16.9. The second-order valence-corrected chi connectivity index (χ2v) is 8.62. The fourth-order valence-electron chi connectivity index (χ4n) is 4.64. The highest BCUT2D eigenvalue weighted by Crippen LogP contribution is 2.44. The quantitative estimate of drug-likeness (QED) is 0.289. The van der Waals surface area contributed by atoms with Crippen LogP contribution in [0.5, 0.6) is 0 Å². The number of carbonyl (C=O) groups is 1. The number of halogens is 7. The third-order valence-electron chi connectivity index (χ3n) is 6.33. The Hall–Kier alpha value is -3.27. The second kappa shape index (κ2) is 9.65. The molecule has 0 saturated heterocycles. The van der Waals surface area contributed by atoms with E-state index >= 15 is 0 Å². The summed E-state index contributed by atoms with van der Waals surface area (Å²) in [5.74, 6) is -1.99. The van der Waals surface area contributed by atoms with Crippen LogP contribution in [0.4, 0.5) is 30.7 Å².